The Morgan fingerprint density at radius 3 is 2.43 bits per heavy atom. The van der Waals surface area contributed by atoms with Crippen LogP contribution < -0.4 is 11.2 Å². The number of imidazole rings is 1. The number of rotatable bonds is 0. The van der Waals surface area contributed by atoms with E-state index in [2.05, 4.69) is 4.98 Å². The summed E-state index contributed by atoms with van der Waals surface area (Å²) in [6.07, 6.45) is 1.52. The lowest BCUT2D eigenvalue weighted by molar-refractivity contribution is 0.705. The Hall–Kier alpha value is -1.85. The fraction of sp³-hybridized carbons (Fsp3) is 0.375. The summed E-state index contributed by atoms with van der Waals surface area (Å²) in [7, 11) is 4.77. The lowest BCUT2D eigenvalue weighted by Crippen LogP contribution is -2.37. The van der Waals surface area contributed by atoms with Gasteiger partial charge >= 0.3 is 5.69 Å². The van der Waals surface area contributed by atoms with Gasteiger partial charge in [0.2, 0.25) is 0 Å². The maximum atomic E-state index is 11.7. The topological polar surface area (TPSA) is 61.8 Å². The quantitative estimate of drug-likeness (QED) is 0.507. The van der Waals surface area contributed by atoms with Crippen molar-refractivity contribution >= 4 is 11.2 Å². The summed E-state index contributed by atoms with van der Waals surface area (Å²) in [6.45, 7) is 0. The number of nitrogens with zero attached hydrogens (tertiary/aromatic N) is 4. The van der Waals surface area contributed by atoms with E-state index in [1.54, 1.807) is 18.7 Å². The summed E-state index contributed by atoms with van der Waals surface area (Å²) in [5.74, 6) is 0. The minimum Gasteiger partial charge on any atom is -0.328 e. The van der Waals surface area contributed by atoms with Crippen molar-refractivity contribution in [2.75, 3.05) is 0 Å². The first-order valence-corrected chi connectivity index (χ1v) is 4.11. The fourth-order valence-electron chi connectivity index (χ4n) is 1.47. The molecule has 74 valence electrons. The van der Waals surface area contributed by atoms with Gasteiger partial charge in [0.15, 0.2) is 11.2 Å². The summed E-state index contributed by atoms with van der Waals surface area (Å²) in [6, 6.07) is 0. The molecule has 0 amide bonds. The lowest BCUT2D eigenvalue weighted by atomic mass is 10.7. The molecule has 0 aromatic carbocycles. The number of aromatic nitrogens is 4. The highest BCUT2D eigenvalue weighted by Gasteiger charge is 2.11. The zero-order valence-electron chi connectivity index (χ0n) is 8.18. The molecule has 0 radical (unpaired) electrons. The van der Waals surface area contributed by atoms with Crippen LogP contribution in [0.15, 0.2) is 15.9 Å². The summed E-state index contributed by atoms with van der Waals surface area (Å²) in [5.41, 5.74) is 0.180. The number of aryl methyl sites for hydroxylation is 2. The van der Waals surface area contributed by atoms with E-state index < -0.39 is 0 Å². The largest absolute Gasteiger partial charge is 0.332 e. The maximum absolute atomic E-state index is 11.7. The highest BCUT2D eigenvalue weighted by atomic mass is 16.2. The van der Waals surface area contributed by atoms with Gasteiger partial charge in [-0.3, -0.25) is 13.9 Å². The standard InChI is InChI=1S/C8H10N4O2/c1-10-4-9-6-5(10)7(13)12(3)8(14)11(6)2/h4H,1-3H3/i2+1,6+1,8+1. The number of hydrogen-bond acceptors (Lipinski definition) is 3. The summed E-state index contributed by atoms with van der Waals surface area (Å²) < 4.78 is 4.04. The second kappa shape index (κ2) is 2.57. The molecule has 0 unspecified atom stereocenters. The van der Waals surface area contributed by atoms with Crippen molar-refractivity contribution in [3.63, 3.8) is 0 Å². The molecule has 0 fully saturated rings. The molecule has 2 aromatic heterocycles. The molecule has 2 heterocycles. The summed E-state index contributed by atoms with van der Waals surface area (Å²) in [5, 5.41) is 0. The van der Waals surface area contributed by atoms with E-state index in [4.69, 9.17) is 0 Å². The first-order valence-electron chi connectivity index (χ1n) is 4.11. The first kappa shape index (κ1) is 8.74. The van der Waals surface area contributed by atoms with Gasteiger partial charge < -0.3 is 4.57 Å². The minimum absolute atomic E-state index is 0.317. The van der Waals surface area contributed by atoms with Crippen LogP contribution in [0, 0.1) is 0 Å². The molecule has 0 saturated heterocycles. The molecule has 0 atom stereocenters. The Labute approximate surface area is 79.0 Å². The molecular weight excluding hydrogens is 187 g/mol. The van der Waals surface area contributed by atoms with Crippen LogP contribution in [-0.4, -0.2) is 18.7 Å². The molecule has 0 aliphatic rings. The fourth-order valence-corrected chi connectivity index (χ4v) is 1.47. The Morgan fingerprint density at radius 1 is 1.14 bits per heavy atom. The van der Waals surface area contributed by atoms with Gasteiger partial charge in [-0.05, 0) is 0 Å². The van der Waals surface area contributed by atoms with E-state index in [-0.39, 0.29) is 11.2 Å². The van der Waals surface area contributed by atoms with Gasteiger partial charge in [-0.2, -0.15) is 0 Å². The Balaban J connectivity index is 3.22. The normalized spacial score (nSPS) is 11.1. The smallest absolute Gasteiger partial charge is 0.328 e. The zero-order chi connectivity index (χ0) is 10.5. The molecule has 0 spiro atoms. The van der Waals surface area contributed by atoms with Crippen LogP contribution in [0.3, 0.4) is 0 Å². The third kappa shape index (κ3) is 0.876. The predicted octanol–water partition coefficient (Wildman–Crippen LogP) is -1.03. The van der Waals surface area contributed by atoms with Crippen LogP contribution in [0.4, 0.5) is 0 Å². The van der Waals surface area contributed by atoms with Crippen molar-refractivity contribution in [1.29, 1.82) is 0 Å². The third-order valence-corrected chi connectivity index (χ3v) is 2.32. The van der Waals surface area contributed by atoms with Crippen molar-refractivity contribution in [2.24, 2.45) is 21.1 Å². The average Bonchev–Trinajstić information content (AvgIpc) is 2.54. The second-order valence-corrected chi connectivity index (χ2v) is 3.23. The van der Waals surface area contributed by atoms with Crippen LogP contribution in [0.2, 0.25) is 0 Å². The molecule has 2 rings (SSSR count). The lowest BCUT2D eigenvalue weighted by Gasteiger charge is -2.02. The van der Waals surface area contributed by atoms with E-state index in [1.807, 2.05) is 0 Å². The van der Waals surface area contributed by atoms with E-state index in [0.29, 0.717) is 11.2 Å². The molecule has 6 heteroatoms. The van der Waals surface area contributed by atoms with Crippen molar-refractivity contribution < 1.29 is 0 Å². The van der Waals surface area contributed by atoms with Gasteiger partial charge in [0, 0.05) is 21.1 Å². The second-order valence-electron chi connectivity index (χ2n) is 3.23. The van der Waals surface area contributed by atoms with Crippen LogP contribution in [0.25, 0.3) is 11.2 Å². The predicted molar refractivity (Wildman–Crippen MR) is 51.2 cm³/mol. The zero-order valence-corrected chi connectivity index (χ0v) is 8.18. The van der Waals surface area contributed by atoms with Crippen molar-refractivity contribution in [1.82, 2.24) is 18.7 Å². The molecule has 6 nitrogen and oxygen atoms in total. The molecule has 2 aromatic rings. The Kier molecular flexibility index (Phi) is 1.60. The van der Waals surface area contributed by atoms with E-state index in [1.165, 1.54) is 17.9 Å². The molecule has 0 N–H and O–H groups in total. The molecule has 14 heavy (non-hydrogen) atoms. The van der Waals surface area contributed by atoms with Gasteiger partial charge in [0.25, 0.3) is 5.56 Å². The van der Waals surface area contributed by atoms with E-state index in [0.717, 1.165) is 4.57 Å². The monoisotopic (exact) mass is 197 g/mol. The third-order valence-electron chi connectivity index (χ3n) is 2.32. The maximum Gasteiger partial charge on any atom is 0.332 e. The molecule has 0 aliphatic carbocycles. The van der Waals surface area contributed by atoms with Crippen LogP contribution >= 0.6 is 0 Å². The highest BCUT2D eigenvalue weighted by molar-refractivity contribution is 5.69. The minimum atomic E-state index is -0.360. The van der Waals surface area contributed by atoms with Gasteiger partial charge in [0.05, 0.1) is 6.33 Å². The van der Waals surface area contributed by atoms with Crippen LogP contribution in [-0.2, 0) is 21.1 Å². The SMILES string of the molecule is Cn1cn[13c]2c1c(=O)n(C)[13c](=O)n2[13CH3]. The highest BCUT2D eigenvalue weighted by Crippen LogP contribution is 2.01. The van der Waals surface area contributed by atoms with Crippen LogP contribution in [0.1, 0.15) is 0 Å². The van der Waals surface area contributed by atoms with E-state index >= 15 is 0 Å². The summed E-state index contributed by atoms with van der Waals surface area (Å²) in [4.78, 5) is 27.2. The number of fused-ring (bicyclic) bond motifs is 1. The van der Waals surface area contributed by atoms with Gasteiger partial charge in [0.1, 0.15) is 0 Å². The van der Waals surface area contributed by atoms with E-state index in [9.17, 15) is 9.59 Å². The molecule has 0 saturated carbocycles. The van der Waals surface area contributed by atoms with Crippen molar-refractivity contribution in [3.05, 3.63) is 27.2 Å². The first-order chi connectivity index (χ1) is 6.54. The number of hydrogen-bond donors (Lipinski definition) is 0. The average molecular weight is 197 g/mol. The van der Waals surface area contributed by atoms with Crippen molar-refractivity contribution in [2.45, 2.75) is 0 Å². The van der Waals surface area contributed by atoms with Crippen LogP contribution in [0.5, 0.6) is 0 Å². The Morgan fingerprint density at radius 2 is 1.79 bits per heavy atom. The van der Waals surface area contributed by atoms with Gasteiger partial charge in [-0.15, -0.1) is 0 Å². The molecule has 0 aliphatic heterocycles. The van der Waals surface area contributed by atoms with Crippen molar-refractivity contribution in [3.8, 4) is 0 Å². The molecule has 0 bridgehead atoms. The Bertz CT molecular complexity index is 617. The summed E-state index contributed by atoms with van der Waals surface area (Å²) >= 11 is 0. The van der Waals surface area contributed by atoms with Gasteiger partial charge in [-0.1, -0.05) is 0 Å². The molecular formula is C8H10N4O2. The van der Waals surface area contributed by atoms with Gasteiger partial charge in [-0.25, -0.2) is 9.78 Å².